The van der Waals surface area contributed by atoms with Gasteiger partial charge in [0.1, 0.15) is 17.5 Å². The van der Waals surface area contributed by atoms with Gasteiger partial charge in [-0.1, -0.05) is 0 Å². The second-order valence-corrected chi connectivity index (χ2v) is 2.86. The fourth-order valence-corrected chi connectivity index (χ4v) is 1.24. The molecule has 1 aromatic heterocycles. The van der Waals surface area contributed by atoms with Gasteiger partial charge in [0, 0.05) is 0 Å². The SMILES string of the molecule is COc1c([N+](=O)[O-])cnc(C(F)F)c1C(N)=O. The first-order valence-corrected chi connectivity index (χ1v) is 4.19. The summed E-state index contributed by atoms with van der Waals surface area (Å²) in [5.41, 5.74) is 2.45. The number of hydrogen-bond acceptors (Lipinski definition) is 5. The van der Waals surface area contributed by atoms with Gasteiger partial charge >= 0.3 is 5.69 Å². The summed E-state index contributed by atoms with van der Waals surface area (Å²) in [6, 6.07) is 0. The van der Waals surface area contributed by atoms with E-state index in [9.17, 15) is 23.7 Å². The zero-order valence-corrected chi connectivity index (χ0v) is 8.52. The number of methoxy groups -OCH3 is 1. The number of primary amides is 1. The minimum absolute atomic E-state index is 0.590. The molecule has 0 aromatic carbocycles. The molecule has 0 bridgehead atoms. The highest BCUT2D eigenvalue weighted by Crippen LogP contribution is 2.34. The van der Waals surface area contributed by atoms with Gasteiger partial charge in [0.15, 0.2) is 0 Å². The number of halogens is 2. The van der Waals surface area contributed by atoms with Crippen LogP contribution < -0.4 is 10.5 Å². The lowest BCUT2D eigenvalue weighted by Crippen LogP contribution is -2.17. The maximum absolute atomic E-state index is 12.5. The van der Waals surface area contributed by atoms with Gasteiger partial charge in [-0.05, 0) is 0 Å². The molecule has 0 saturated carbocycles. The molecule has 7 nitrogen and oxygen atoms in total. The molecule has 9 heteroatoms. The Morgan fingerprint density at radius 3 is 2.59 bits per heavy atom. The van der Waals surface area contributed by atoms with Gasteiger partial charge < -0.3 is 10.5 Å². The molecule has 17 heavy (non-hydrogen) atoms. The van der Waals surface area contributed by atoms with Crippen molar-refractivity contribution < 1.29 is 23.2 Å². The molecular weight excluding hydrogens is 240 g/mol. The van der Waals surface area contributed by atoms with Gasteiger partial charge in [-0.25, -0.2) is 13.8 Å². The summed E-state index contributed by atoms with van der Waals surface area (Å²) >= 11 is 0. The first-order valence-electron chi connectivity index (χ1n) is 4.19. The Hall–Kier alpha value is -2.32. The van der Waals surface area contributed by atoms with Crippen molar-refractivity contribution in [2.45, 2.75) is 6.43 Å². The third-order valence-electron chi connectivity index (χ3n) is 1.90. The highest BCUT2D eigenvalue weighted by Gasteiger charge is 2.29. The maximum atomic E-state index is 12.5. The van der Waals surface area contributed by atoms with Gasteiger partial charge in [-0.3, -0.25) is 14.9 Å². The van der Waals surface area contributed by atoms with E-state index in [-0.39, 0.29) is 0 Å². The lowest BCUT2D eigenvalue weighted by Gasteiger charge is -2.09. The largest absolute Gasteiger partial charge is 0.489 e. The molecular formula is C8H7F2N3O4. The van der Waals surface area contributed by atoms with Crippen LogP contribution in [0.3, 0.4) is 0 Å². The molecule has 0 spiro atoms. The van der Waals surface area contributed by atoms with E-state index < -0.39 is 40.0 Å². The van der Waals surface area contributed by atoms with E-state index >= 15 is 0 Å². The Morgan fingerprint density at radius 2 is 2.24 bits per heavy atom. The van der Waals surface area contributed by atoms with Crippen LogP contribution in [0.25, 0.3) is 0 Å². The molecule has 2 N–H and O–H groups in total. The summed E-state index contributed by atoms with van der Waals surface area (Å²) in [6.07, 6.45) is -2.50. The Bertz CT molecular complexity index is 478. The molecule has 0 aliphatic rings. The van der Waals surface area contributed by atoms with Gasteiger partial charge in [0.25, 0.3) is 12.3 Å². The van der Waals surface area contributed by atoms with E-state index in [4.69, 9.17) is 5.73 Å². The zero-order chi connectivity index (χ0) is 13.2. The van der Waals surface area contributed by atoms with Crippen molar-refractivity contribution in [2.75, 3.05) is 7.11 Å². The van der Waals surface area contributed by atoms with E-state index in [0.717, 1.165) is 7.11 Å². The second kappa shape index (κ2) is 4.68. The van der Waals surface area contributed by atoms with Crippen molar-refractivity contribution in [3.63, 3.8) is 0 Å². The van der Waals surface area contributed by atoms with Gasteiger partial charge in [0.2, 0.25) is 5.75 Å². The molecule has 0 saturated heterocycles. The number of amides is 1. The van der Waals surface area contributed by atoms with E-state index in [1.54, 1.807) is 0 Å². The molecule has 92 valence electrons. The summed E-state index contributed by atoms with van der Waals surface area (Å²) < 4.78 is 29.7. The first kappa shape index (κ1) is 12.7. The standard InChI is InChI=1S/C8H7F2N3O4/c1-17-6-3(13(15)16)2-12-5(7(9)10)4(6)8(11)14/h2,7H,1H3,(H2,11,14). The van der Waals surface area contributed by atoms with Crippen molar-refractivity contribution in [1.29, 1.82) is 0 Å². The first-order chi connectivity index (χ1) is 7.90. The Morgan fingerprint density at radius 1 is 1.65 bits per heavy atom. The maximum Gasteiger partial charge on any atom is 0.329 e. The monoisotopic (exact) mass is 247 g/mol. The Balaban J connectivity index is 3.61. The van der Waals surface area contributed by atoms with Crippen LogP contribution in [0, 0.1) is 10.1 Å². The molecule has 0 atom stereocenters. The molecule has 0 fully saturated rings. The third-order valence-corrected chi connectivity index (χ3v) is 1.90. The van der Waals surface area contributed by atoms with Crippen LogP contribution >= 0.6 is 0 Å². The van der Waals surface area contributed by atoms with Crippen molar-refractivity contribution >= 4 is 11.6 Å². The summed E-state index contributed by atoms with van der Waals surface area (Å²) in [5.74, 6) is -1.89. The Labute approximate surface area is 93.3 Å². The fraction of sp³-hybridized carbons (Fsp3) is 0.250. The predicted octanol–water partition coefficient (Wildman–Crippen LogP) is 1.03. The topological polar surface area (TPSA) is 108 Å². The molecule has 0 radical (unpaired) electrons. The van der Waals surface area contributed by atoms with Crippen molar-refractivity contribution in [3.8, 4) is 5.75 Å². The number of nitrogens with two attached hydrogens (primary N) is 1. The van der Waals surface area contributed by atoms with E-state index in [0.29, 0.717) is 6.20 Å². The van der Waals surface area contributed by atoms with Crippen LogP contribution in [-0.2, 0) is 0 Å². The summed E-state index contributed by atoms with van der Waals surface area (Å²) in [4.78, 5) is 23.9. The smallest absolute Gasteiger partial charge is 0.329 e. The number of carbonyl (C=O) groups excluding carboxylic acids is 1. The number of pyridine rings is 1. The number of carbonyl (C=O) groups is 1. The molecule has 1 amide bonds. The molecule has 0 aliphatic heterocycles. The number of alkyl halides is 2. The number of rotatable bonds is 4. The summed E-state index contributed by atoms with van der Waals surface area (Å²) in [6.45, 7) is 0. The quantitative estimate of drug-likeness (QED) is 0.631. The number of hydrogen-bond donors (Lipinski definition) is 1. The van der Waals surface area contributed by atoms with Gasteiger partial charge in [-0.15, -0.1) is 0 Å². The van der Waals surface area contributed by atoms with Gasteiger partial charge in [-0.2, -0.15) is 0 Å². The van der Waals surface area contributed by atoms with Crippen LogP contribution in [0.2, 0.25) is 0 Å². The predicted molar refractivity (Wildman–Crippen MR) is 50.9 cm³/mol. The molecule has 1 heterocycles. The molecule has 0 unspecified atom stereocenters. The normalized spacial score (nSPS) is 10.4. The van der Waals surface area contributed by atoms with Crippen LogP contribution in [-0.4, -0.2) is 22.9 Å². The van der Waals surface area contributed by atoms with E-state index in [1.807, 2.05) is 0 Å². The molecule has 1 aromatic rings. The third kappa shape index (κ3) is 2.27. The van der Waals surface area contributed by atoms with Crippen molar-refractivity contribution in [2.24, 2.45) is 5.73 Å². The lowest BCUT2D eigenvalue weighted by molar-refractivity contribution is -0.386. The van der Waals surface area contributed by atoms with Crippen LogP contribution in [0.5, 0.6) is 5.75 Å². The highest BCUT2D eigenvalue weighted by molar-refractivity contribution is 5.98. The molecule has 1 rings (SSSR count). The van der Waals surface area contributed by atoms with Crippen LogP contribution in [0.15, 0.2) is 6.20 Å². The number of nitro groups is 1. The minimum Gasteiger partial charge on any atom is -0.489 e. The fourth-order valence-electron chi connectivity index (χ4n) is 1.24. The second-order valence-electron chi connectivity index (χ2n) is 2.86. The average molecular weight is 247 g/mol. The number of nitrogens with zero attached hydrogens (tertiary/aromatic N) is 2. The summed E-state index contributed by atoms with van der Waals surface area (Å²) in [7, 11) is 1.00. The summed E-state index contributed by atoms with van der Waals surface area (Å²) in [5, 5.41) is 10.6. The van der Waals surface area contributed by atoms with Crippen molar-refractivity contribution in [3.05, 3.63) is 27.6 Å². The van der Waals surface area contributed by atoms with Crippen LogP contribution in [0.4, 0.5) is 14.5 Å². The average Bonchev–Trinajstić information content (AvgIpc) is 2.26. The van der Waals surface area contributed by atoms with Crippen molar-refractivity contribution in [1.82, 2.24) is 4.98 Å². The highest BCUT2D eigenvalue weighted by atomic mass is 19.3. The minimum atomic E-state index is -3.09. The number of ether oxygens (including phenoxy) is 1. The van der Waals surface area contributed by atoms with E-state index in [1.165, 1.54) is 0 Å². The molecule has 0 aliphatic carbocycles. The van der Waals surface area contributed by atoms with Crippen LogP contribution in [0.1, 0.15) is 22.5 Å². The zero-order valence-electron chi connectivity index (χ0n) is 8.52. The van der Waals surface area contributed by atoms with Gasteiger partial charge in [0.05, 0.1) is 12.0 Å². The van der Waals surface area contributed by atoms with E-state index in [2.05, 4.69) is 9.72 Å². The lowest BCUT2D eigenvalue weighted by atomic mass is 10.1. The number of aromatic nitrogens is 1. The Kier molecular flexibility index (Phi) is 3.51.